The number of hydrogen-bond acceptors (Lipinski definition) is 10. The highest BCUT2D eigenvalue weighted by Gasteiger charge is 2.61. The van der Waals surface area contributed by atoms with Crippen molar-refractivity contribution in [1.82, 2.24) is 19.5 Å². The number of carbonyl (C=O) groups is 4. The number of ether oxygens (including phenoxy) is 3. The molecule has 1 N–H and O–H groups in total. The van der Waals surface area contributed by atoms with Crippen molar-refractivity contribution in [2.24, 2.45) is 23.2 Å². The number of Topliss-reactive ketones (excluding diaryl/α,β-unsaturated/α-hetero) is 1. The standard InChI is InChI=1S/C49H60N4O9S/c1-3-34-27-49(34,48(57)51-63(58,59)37-18-19-37)28-43(54)42-23-36-30-53(42)47(56)38(31-12-6-4-7-13-31)24-46(55)52-20-10-17-35(29-52)61-21-11-16-33-22-39-41(26-44(33)60-2)50-40(25-45(39)62-36)32-14-8-5-9-15-32/h3,5,8-9,14-15,22,25-26,31,34-38,42H,1,4,6-7,10-13,16-21,23-24,27-30H2,2H3,(H,51,57)/t34-,35+,36+,38-,42-,49+/m0/s1. The quantitative estimate of drug-likeness (QED) is 0.221. The van der Waals surface area contributed by atoms with Crippen LogP contribution in [0.3, 0.4) is 0 Å². The molecule has 6 atom stereocenters. The zero-order valence-corrected chi connectivity index (χ0v) is 37.1. The maximum absolute atomic E-state index is 15.3. The van der Waals surface area contributed by atoms with Crippen molar-refractivity contribution in [2.75, 3.05) is 33.4 Å². The van der Waals surface area contributed by atoms with Crippen LogP contribution >= 0.6 is 0 Å². The number of aryl methyl sites for hydroxylation is 1. The Labute approximate surface area is 370 Å². The Morgan fingerprint density at radius 3 is 2.51 bits per heavy atom. The number of sulfonamides is 1. The average molecular weight is 881 g/mol. The third-order valence-corrected chi connectivity index (χ3v) is 16.4. The Balaban J connectivity index is 1.11. The van der Waals surface area contributed by atoms with Gasteiger partial charge in [0.25, 0.3) is 0 Å². The fourth-order valence-corrected chi connectivity index (χ4v) is 12.1. The second-order valence-corrected chi connectivity index (χ2v) is 20.8. The van der Waals surface area contributed by atoms with Crippen LogP contribution < -0.4 is 14.2 Å². The molecule has 63 heavy (non-hydrogen) atoms. The molecule has 14 heteroatoms. The number of fused-ring (bicyclic) bond motifs is 5. The van der Waals surface area contributed by atoms with Crippen LogP contribution in [-0.2, 0) is 40.4 Å². The summed E-state index contributed by atoms with van der Waals surface area (Å²) in [6.45, 7) is 5.59. The molecule has 336 valence electrons. The Bertz CT molecular complexity index is 2360. The van der Waals surface area contributed by atoms with E-state index in [-0.39, 0.29) is 61.8 Å². The maximum atomic E-state index is 15.3. The third-order valence-electron chi connectivity index (χ3n) is 14.6. The van der Waals surface area contributed by atoms with Gasteiger partial charge in [-0.1, -0.05) is 55.7 Å². The molecule has 13 nitrogen and oxygen atoms in total. The molecular formula is C49H60N4O9S. The summed E-state index contributed by atoms with van der Waals surface area (Å²) in [5.74, 6) is -1.15. The minimum Gasteiger partial charge on any atom is -0.496 e. The predicted molar refractivity (Wildman–Crippen MR) is 237 cm³/mol. The van der Waals surface area contributed by atoms with E-state index in [1.807, 2.05) is 47.4 Å². The molecule has 6 aliphatic rings. The van der Waals surface area contributed by atoms with E-state index in [0.29, 0.717) is 61.7 Å². The van der Waals surface area contributed by atoms with Crippen molar-refractivity contribution < 1.29 is 41.8 Å². The van der Waals surface area contributed by atoms with E-state index in [1.54, 1.807) is 18.1 Å². The van der Waals surface area contributed by atoms with Gasteiger partial charge in [0, 0.05) is 68.0 Å². The predicted octanol–water partition coefficient (Wildman–Crippen LogP) is 6.56. The van der Waals surface area contributed by atoms with Gasteiger partial charge in [-0.2, -0.15) is 0 Å². The van der Waals surface area contributed by atoms with Crippen molar-refractivity contribution >= 4 is 44.4 Å². The normalized spacial score (nSPS) is 28.4. The van der Waals surface area contributed by atoms with Crippen LogP contribution in [0.15, 0.2) is 61.2 Å². The van der Waals surface area contributed by atoms with Crippen LogP contribution in [-0.4, -0.2) is 104 Å². The zero-order valence-electron chi connectivity index (χ0n) is 36.3. The minimum atomic E-state index is -3.87. The summed E-state index contributed by atoms with van der Waals surface area (Å²) < 4.78 is 47.5. The molecule has 3 aromatic rings. The molecule has 0 radical (unpaired) electrons. The second-order valence-electron chi connectivity index (χ2n) is 18.8. The van der Waals surface area contributed by atoms with Crippen LogP contribution in [0.25, 0.3) is 22.2 Å². The van der Waals surface area contributed by atoms with Crippen molar-refractivity contribution in [1.29, 1.82) is 0 Å². The Kier molecular flexibility index (Phi) is 12.4. The molecular weight excluding hydrogens is 821 g/mol. The van der Waals surface area contributed by atoms with Gasteiger partial charge in [0.1, 0.15) is 17.6 Å². The molecule has 6 bridgehead atoms. The van der Waals surface area contributed by atoms with Crippen molar-refractivity contribution in [3.05, 3.63) is 66.7 Å². The molecule has 3 amide bonds. The summed E-state index contributed by atoms with van der Waals surface area (Å²) in [6.07, 6.45) is 9.78. The van der Waals surface area contributed by atoms with Crippen molar-refractivity contribution in [3.63, 3.8) is 0 Å². The number of rotatable bonds is 10. The minimum absolute atomic E-state index is 0.0267. The highest BCUT2D eigenvalue weighted by Crippen LogP contribution is 2.57. The lowest BCUT2D eigenvalue weighted by atomic mass is 9.77. The Hall–Kier alpha value is -4.82. The van der Waals surface area contributed by atoms with Crippen LogP contribution in [0.5, 0.6) is 11.5 Å². The number of carbonyl (C=O) groups excluding carboxylic acids is 4. The van der Waals surface area contributed by atoms with Gasteiger partial charge < -0.3 is 24.0 Å². The first kappa shape index (κ1) is 43.4. The van der Waals surface area contributed by atoms with Gasteiger partial charge in [-0.3, -0.25) is 23.9 Å². The molecule has 0 unspecified atom stereocenters. The van der Waals surface area contributed by atoms with Crippen LogP contribution in [0, 0.1) is 23.2 Å². The highest BCUT2D eigenvalue weighted by molar-refractivity contribution is 7.90. The van der Waals surface area contributed by atoms with Gasteiger partial charge in [0.2, 0.25) is 27.7 Å². The molecule has 5 fully saturated rings. The smallest absolute Gasteiger partial charge is 0.240 e. The SMILES string of the molecule is C=C[C@H]1C[C@]1(CC(=O)[C@@H]1C[C@@H]2CN1C(=O)[C@H](C1CCCCC1)CC(=O)N1CCC[C@H](C1)OCCCc1cc3c(cc(-c4ccccc4)nc3cc1OC)O2)C(=O)NS(=O)(=O)C1CC1. The molecule has 2 aromatic carbocycles. The van der Waals surface area contributed by atoms with Gasteiger partial charge >= 0.3 is 0 Å². The number of pyridine rings is 1. The number of ketones is 1. The van der Waals surface area contributed by atoms with E-state index >= 15 is 4.79 Å². The summed E-state index contributed by atoms with van der Waals surface area (Å²) in [7, 11) is -2.22. The lowest BCUT2D eigenvalue weighted by Gasteiger charge is -2.37. The number of nitrogens with zero attached hydrogens (tertiary/aromatic N) is 3. The maximum Gasteiger partial charge on any atom is 0.240 e. The summed E-state index contributed by atoms with van der Waals surface area (Å²) in [5.41, 5.74) is 1.93. The fourth-order valence-electron chi connectivity index (χ4n) is 10.8. The molecule has 3 saturated carbocycles. The third kappa shape index (κ3) is 9.12. The topological polar surface area (TPSA) is 162 Å². The van der Waals surface area contributed by atoms with E-state index in [0.717, 1.165) is 67.9 Å². The largest absolute Gasteiger partial charge is 0.496 e. The van der Waals surface area contributed by atoms with Crippen LogP contribution in [0.2, 0.25) is 0 Å². The highest BCUT2D eigenvalue weighted by atomic mass is 32.2. The number of benzene rings is 2. The van der Waals surface area contributed by atoms with E-state index in [1.165, 1.54) is 0 Å². The number of nitrogens with one attached hydrogen (secondary N) is 1. The van der Waals surface area contributed by atoms with Gasteiger partial charge in [-0.15, -0.1) is 6.58 Å². The first-order valence-corrected chi connectivity index (χ1v) is 24.7. The zero-order chi connectivity index (χ0) is 43.9. The molecule has 3 aliphatic heterocycles. The number of amides is 3. The van der Waals surface area contributed by atoms with Gasteiger partial charge in [0.05, 0.1) is 47.7 Å². The van der Waals surface area contributed by atoms with E-state index < -0.39 is 50.6 Å². The lowest BCUT2D eigenvalue weighted by Crippen LogP contribution is -2.49. The van der Waals surface area contributed by atoms with E-state index in [9.17, 15) is 22.8 Å². The Morgan fingerprint density at radius 1 is 0.984 bits per heavy atom. The van der Waals surface area contributed by atoms with Gasteiger partial charge in [-0.25, -0.2) is 13.4 Å². The number of allylic oxidation sites excluding steroid dienone is 1. The monoisotopic (exact) mass is 880 g/mol. The molecule has 1 aromatic heterocycles. The van der Waals surface area contributed by atoms with Crippen molar-refractivity contribution in [2.45, 2.75) is 120 Å². The number of hydrogen-bond donors (Lipinski definition) is 1. The van der Waals surface area contributed by atoms with Gasteiger partial charge in [0.15, 0.2) is 5.78 Å². The van der Waals surface area contributed by atoms with Crippen LogP contribution in [0.1, 0.15) is 95.5 Å². The van der Waals surface area contributed by atoms with Crippen LogP contribution in [0.4, 0.5) is 0 Å². The summed E-state index contributed by atoms with van der Waals surface area (Å²) >= 11 is 0. The molecule has 0 spiro atoms. The lowest BCUT2D eigenvalue weighted by molar-refractivity contribution is -0.148. The molecule has 9 rings (SSSR count). The summed E-state index contributed by atoms with van der Waals surface area (Å²) in [5, 5.41) is 0.162. The fraction of sp³-hybridized carbons (Fsp3) is 0.571. The van der Waals surface area contributed by atoms with E-state index in [4.69, 9.17) is 19.2 Å². The van der Waals surface area contributed by atoms with Crippen molar-refractivity contribution in [3.8, 4) is 22.8 Å². The number of aromatic nitrogens is 1. The van der Waals surface area contributed by atoms with Gasteiger partial charge in [-0.05, 0) is 81.3 Å². The molecule has 2 saturated heterocycles. The molecule has 3 aliphatic carbocycles. The summed E-state index contributed by atoms with van der Waals surface area (Å²) in [4.78, 5) is 67.0. The number of methoxy groups -OCH3 is 1. The number of piperidine rings is 1. The Morgan fingerprint density at radius 2 is 1.78 bits per heavy atom. The van der Waals surface area contributed by atoms with E-state index in [2.05, 4.69) is 17.4 Å². The summed E-state index contributed by atoms with van der Waals surface area (Å²) in [6, 6.07) is 14.7. The second kappa shape index (κ2) is 18.0. The molecule has 4 heterocycles. The average Bonchev–Trinajstić information content (AvgIpc) is 4.23. The first-order valence-electron chi connectivity index (χ1n) is 23.1. The first-order chi connectivity index (χ1) is 30.5.